The molecule has 61 heavy (non-hydrogen) atoms. The summed E-state index contributed by atoms with van der Waals surface area (Å²) < 4.78 is 4.63. The second kappa shape index (κ2) is 14.3. The topological polar surface area (TPSA) is 33.2 Å². The van der Waals surface area contributed by atoms with E-state index >= 15 is 0 Å². The highest BCUT2D eigenvalue weighted by molar-refractivity contribution is 6.20. The van der Waals surface area contributed by atoms with Gasteiger partial charge < -0.3 is 4.57 Å². The normalized spacial score (nSPS) is 12.6. The standard InChI is InChI=1S/C57H37N4/c1-4-16-38(17-5-1)45-24-14-26-49-53(45)50-27-15-25-46(55(50)58-54(49)40-18-6-2-7-19-40)39-30-34-44(35-31-39)61-56(41-20-8-3-9-21-41)59-57(61)42-32-36-43(37-33-42)60-51-28-12-10-22-47(51)48-23-11-13-29-52(48)60/h1-37H/q+1. The molecule has 4 nitrogen and oxygen atoms in total. The number of para-hydroxylation sites is 3. The number of pyridine rings is 1. The molecule has 284 valence electrons. The van der Waals surface area contributed by atoms with Crippen molar-refractivity contribution in [2.75, 3.05) is 0 Å². The summed E-state index contributed by atoms with van der Waals surface area (Å²) in [6, 6.07) is 79.8. The molecule has 0 fully saturated rings. The molecule has 9 aromatic carbocycles. The van der Waals surface area contributed by atoms with Crippen molar-refractivity contribution in [2.45, 2.75) is 0 Å². The first kappa shape index (κ1) is 34.8. The van der Waals surface area contributed by atoms with Gasteiger partial charge in [0, 0.05) is 43.7 Å². The van der Waals surface area contributed by atoms with Gasteiger partial charge in [-0.25, -0.2) is 4.98 Å². The van der Waals surface area contributed by atoms with E-state index in [-0.39, 0.29) is 0 Å². The molecule has 0 amide bonds. The average molecular weight is 778 g/mol. The van der Waals surface area contributed by atoms with E-state index < -0.39 is 0 Å². The van der Waals surface area contributed by atoms with Gasteiger partial charge in [0.15, 0.2) is 0 Å². The maximum Gasteiger partial charge on any atom is 0.279 e. The highest BCUT2D eigenvalue weighted by atomic mass is 15.2. The molecule has 0 atom stereocenters. The number of fused-ring (bicyclic) bond motifs is 6. The van der Waals surface area contributed by atoms with Gasteiger partial charge in [0.25, 0.3) is 11.7 Å². The lowest BCUT2D eigenvalue weighted by Gasteiger charge is -2.20. The average Bonchev–Trinajstić information content (AvgIpc) is 3.66. The van der Waals surface area contributed by atoms with Gasteiger partial charge in [-0.3, -0.25) is 0 Å². The Balaban J connectivity index is 0.980. The zero-order valence-corrected chi connectivity index (χ0v) is 33.2. The lowest BCUT2D eigenvalue weighted by atomic mass is 9.91. The molecule has 0 spiro atoms. The Morgan fingerprint density at radius 2 is 0.869 bits per heavy atom. The number of amidine groups is 2. The summed E-state index contributed by atoms with van der Waals surface area (Å²) in [5.74, 6) is 1.84. The first-order valence-corrected chi connectivity index (χ1v) is 20.8. The van der Waals surface area contributed by atoms with Gasteiger partial charge in [-0.1, -0.05) is 169 Å². The van der Waals surface area contributed by atoms with Crippen LogP contribution in [0.3, 0.4) is 0 Å². The van der Waals surface area contributed by atoms with Crippen molar-refractivity contribution in [1.29, 1.82) is 0 Å². The van der Waals surface area contributed by atoms with Gasteiger partial charge in [0.1, 0.15) is 5.69 Å². The Bertz CT molecular complexity index is 3480. The predicted molar refractivity (Wildman–Crippen MR) is 253 cm³/mol. The maximum atomic E-state index is 5.50. The van der Waals surface area contributed by atoms with Crippen molar-refractivity contribution in [3.05, 3.63) is 236 Å². The molecular weight excluding hydrogens is 741 g/mol. The lowest BCUT2D eigenvalue weighted by Crippen LogP contribution is -2.34. The quantitative estimate of drug-likeness (QED) is 0.117. The number of hydrogen-bond donors (Lipinski definition) is 0. The minimum absolute atomic E-state index is 0.916. The first-order valence-electron chi connectivity index (χ1n) is 20.8. The van der Waals surface area contributed by atoms with E-state index in [4.69, 9.17) is 9.98 Å². The molecule has 0 unspecified atom stereocenters. The molecule has 0 saturated carbocycles. The van der Waals surface area contributed by atoms with E-state index in [1.165, 1.54) is 38.3 Å². The summed E-state index contributed by atoms with van der Waals surface area (Å²) >= 11 is 0. The highest BCUT2D eigenvalue weighted by Crippen LogP contribution is 2.41. The SMILES string of the molecule is c1ccc(C2=NC(c3ccc(-n4c5ccccc5c5ccccc54)cc3)=[N+]2c2ccc(-c3cccc4c3nc(-c3ccccc3)c3cccc(-c5ccccc5)c34)cc2)cc1. The van der Waals surface area contributed by atoms with Gasteiger partial charge in [0.05, 0.1) is 33.4 Å². The summed E-state index contributed by atoms with van der Waals surface area (Å²) in [7, 11) is 0. The van der Waals surface area contributed by atoms with Crippen LogP contribution in [0.5, 0.6) is 0 Å². The Hall–Kier alpha value is -8.21. The number of rotatable bonds is 7. The Kier molecular flexibility index (Phi) is 8.13. The third kappa shape index (κ3) is 5.72. The van der Waals surface area contributed by atoms with Crippen LogP contribution in [0, 0.1) is 0 Å². The van der Waals surface area contributed by atoms with Crippen molar-refractivity contribution in [1.82, 2.24) is 9.55 Å². The molecule has 12 rings (SSSR count). The highest BCUT2D eigenvalue weighted by Gasteiger charge is 2.33. The van der Waals surface area contributed by atoms with Gasteiger partial charge in [-0.15, -0.1) is 0 Å². The van der Waals surface area contributed by atoms with E-state index in [1.54, 1.807) is 0 Å². The van der Waals surface area contributed by atoms with Crippen molar-refractivity contribution in [3.8, 4) is 39.2 Å². The fraction of sp³-hybridized carbons (Fsp3) is 0. The molecule has 1 aliphatic heterocycles. The summed E-state index contributed by atoms with van der Waals surface area (Å²) in [5, 5.41) is 6.00. The molecule has 3 heterocycles. The third-order valence-corrected chi connectivity index (χ3v) is 12.0. The Labute approximate surface area is 353 Å². The third-order valence-electron chi connectivity index (χ3n) is 12.0. The molecule has 0 radical (unpaired) electrons. The smallest absolute Gasteiger partial charge is 0.279 e. The monoisotopic (exact) mass is 777 g/mol. The molecule has 0 aliphatic carbocycles. The minimum atomic E-state index is 0.916. The number of nitrogens with zero attached hydrogens (tertiary/aromatic N) is 4. The predicted octanol–water partition coefficient (Wildman–Crippen LogP) is 14.0. The molecule has 4 heteroatoms. The van der Waals surface area contributed by atoms with Crippen LogP contribution >= 0.6 is 0 Å². The van der Waals surface area contributed by atoms with Crippen molar-refractivity contribution < 1.29 is 4.58 Å². The van der Waals surface area contributed by atoms with Crippen LogP contribution in [0.2, 0.25) is 0 Å². The Morgan fingerprint density at radius 3 is 1.52 bits per heavy atom. The van der Waals surface area contributed by atoms with Crippen molar-refractivity contribution >= 4 is 60.8 Å². The van der Waals surface area contributed by atoms with E-state index in [0.717, 1.165) is 72.8 Å². The van der Waals surface area contributed by atoms with Gasteiger partial charge >= 0.3 is 0 Å². The van der Waals surface area contributed by atoms with Crippen LogP contribution in [0.25, 0.3) is 82.7 Å². The Morgan fingerprint density at radius 1 is 0.361 bits per heavy atom. The van der Waals surface area contributed by atoms with Crippen LogP contribution in [0.15, 0.2) is 229 Å². The first-order chi connectivity index (χ1) is 30.3. The van der Waals surface area contributed by atoms with Crippen molar-refractivity contribution in [2.24, 2.45) is 4.99 Å². The summed E-state index contributed by atoms with van der Waals surface area (Å²) in [6.45, 7) is 0. The van der Waals surface area contributed by atoms with Crippen LogP contribution in [-0.2, 0) is 0 Å². The van der Waals surface area contributed by atoms with Gasteiger partial charge in [0.2, 0.25) is 0 Å². The molecule has 11 aromatic rings. The molecule has 0 N–H and O–H groups in total. The molecule has 0 bridgehead atoms. The fourth-order valence-corrected chi connectivity index (χ4v) is 9.21. The largest absolute Gasteiger partial charge is 0.309 e. The number of aromatic nitrogens is 2. The number of aliphatic imine (C=N–C) groups is 1. The molecular formula is C57H37N4+. The minimum Gasteiger partial charge on any atom is -0.309 e. The number of hydrogen-bond acceptors (Lipinski definition) is 2. The second-order valence-corrected chi connectivity index (χ2v) is 15.5. The van der Waals surface area contributed by atoms with E-state index in [2.05, 4.69) is 228 Å². The molecule has 2 aromatic heterocycles. The second-order valence-electron chi connectivity index (χ2n) is 15.5. The van der Waals surface area contributed by atoms with Crippen LogP contribution in [0.4, 0.5) is 5.69 Å². The number of benzene rings is 9. The lowest BCUT2D eigenvalue weighted by molar-refractivity contribution is -0.319. The molecule has 1 aliphatic rings. The summed E-state index contributed by atoms with van der Waals surface area (Å²) in [6.07, 6.45) is 0. The van der Waals surface area contributed by atoms with Crippen LogP contribution < -0.4 is 0 Å². The van der Waals surface area contributed by atoms with Gasteiger partial charge in [-0.05, 0) is 77.4 Å². The summed E-state index contributed by atoms with van der Waals surface area (Å²) in [5.41, 5.74) is 14.3. The van der Waals surface area contributed by atoms with Gasteiger partial charge in [-0.2, -0.15) is 4.58 Å². The van der Waals surface area contributed by atoms with Crippen LogP contribution in [0.1, 0.15) is 11.1 Å². The zero-order chi connectivity index (χ0) is 40.3. The van der Waals surface area contributed by atoms with E-state index in [9.17, 15) is 0 Å². The van der Waals surface area contributed by atoms with E-state index in [0.29, 0.717) is 0 Å². The maximum absolute atomic E-state index is 5.50. The van der Waals surface area contributed by atoms with Crippen molar-refractivity contribution in [3.63, 3.8) is 0 Å². The zero-order valence-electron chi connectivity index (χ0n) is 33.2. The molecule has 0 saturated heterocycles. The van der Waals surface area contributed by atoms with Crippen LogP contribution in [-0.4, -0.2) is 25.8 Å². The van der Waals surface area contributed by atoms with E-state index in [1.807, 2.05) is 6.07 Å². The fourth-order valence-electron chi connectivity index (χ4n) is 9.21. The summed E-state index contributed by atoms with van der Waals surface area (Å²) in [4.78, 5) is 10.7.